The molecule has 0 unspecified atom stereocenters. The summed E-state index contributed by atoms with van der Waals surface area (Å²) in [4.78, 5) is 18.5. The van der Waals surface area contributed by atoms with Crippen LogP contribution in [0.4, 0.5) is 0 Å². The molecule has 0 aliphatic rings. The van der Waals surface area contributed by atoms with E-state index in [0.717, 1.165) is 22.5 Å². The van der Waals surface area contributed by atoms with E-state index in [1.807, 2.05) is 65.5 Å². The van der Waals surface area contributed by atoms with E-state index in [2.05, 4.69) is 4.98 Å². The predicted octanol–water partition coefficient (Wildman–Crippen LogP) is 4.86. The van der Waals surface area contributed by atoms with E-state index in [4.69, 9.17) is 16.7 Å². The van der Waals surface area contributed by atoms with Crippen LogP contribution in [0.5, 0.6) is 0 Å². The smallest absolute Gasteiger partial charge is 0.272 e. The van der Waals surface area contributed by atoms with Gasteiger partial charge in [-0.2, -0.15) is 5.10 Å². The first-order valence-corrected chi connectivity index (χ1v) is 9.56. The Morgan fingerprint density at radius 2 is 1.72 bits per heavy atom. The molecule has 0 aliphatic carbocycles. The molecule has 0 N–H and O–H groups in total. The highest BCUT2D eigenvalue weighted by molar-refractivity contribution is 6.30. The highest BCUT2D eigenvalue weighted by Crippen LogP contribution is 2.26. The Hall–Kier alpha value is -3.44. The van der Waals surface area contributed by atoms with Gasteiger partial charge in [0.1, 0.15) is 5.69 Å². The lowest BCUT2D eigenvalue weighted by molar-refractivity contribution is 0.0779. The fraction of sp³-hybridized carbons (Fsp3) is 0.0870. The topological polar surface area (TPSA) is 51.0 Å². The molecule has 6 heteroatoms. The summed E-state index contributed by atoms with van der Waals surface area (Å²) in [7, 11) is 1.77. The summed E-state index contributed by atoms with van der Waals surface area (Å²) in [5.74, 6) is -0.139. The molecule has 4 aromatic rings. The van der Waals surface area contributed by atoms with Gasteiger partial charge in [0, 0.05) is 42.1 Å². The molecule has 1 amide bonds. The van der Waals surface area contributed by atoms with E-state index in [9.17, 15) is 4.79 Å². The fourth-order valence-electron chi connectivity index (χ4n) is 3.10. The van der Waals surface area contributed by atoms with E-state index < -0.39 is 0 Å². The Labute approximate surface area is 174 Å². The standard InChI is InChI=1S/C23H19ClN4O/c1-27(23(29)21-9-5-6-14-25-21)15-18-16-28(20-7-3-2-4-8-20)26-22(18)17-10-12-19(24)13-11-17/h2-14,16H,15H2,1H3. The third-order valence-corrected chi connectivity index (χ3v) is 4.82. The van der Waals surface area contributed by atoms with Gasteiger partial charge in [0.15, 0.2) is 0 Å². The zero-order valence-electron chi connectivity index (χ0n) is 15.9. The number of carbonyl (C=O) groups is 1. The van der Waals surface area contributed by atoms with Crippen LogP contribution in [-0.4, -0.2) is 32.6 Å². The minimum atomic E-state index is -0.139. The first-order chi connectivity index (χ1) is 14.1. The van der Waals surface area contributed by atoms with Crippen LogP contribution < -0.4 is 0 Å². The molecule has 0 fully saturated rings. The largest absolute Gasteiger partial charge is 0.336 e. The summed E-state index contributed by atoms with van der Waals surface area (Å²) >= 11 is 6.05. The zero-order valence-corrected chi connectivity index (χ0v) is 16.6. The molecule has 5 nitrogen and oxygen atoms in total. The Kier molecular flexibility index (Phi) is 5.40. The average molecular weight is 403 g/mol. The monoisotopic (exact) mass is 402 g/mol. The third kappa shape index (κ3) is 4.20. The number of benzene rings is 2. The number of nitrogens with zero attached hydrogens (tertiary/aromatic N) is 4. The van der Waals surface area contributed by atoms with Crippen LogP contribution in [0, 0.1) is 0 Å². The second kappa shape index (κ2) is 8.29. The summed E-state index contributed by atoms with van der Waals surface area (Å²) in [6.45, 7) is 0.403. The molecule has 2 heterocycles. The third-order valence-electron chi connectivity index (χ3n) is 4.57. The van der Waals surface area contributed by atoms with Crippen LogP contribution in [0.25, 0.3) is 16.9 Å². The highest BCUT2D eigenvalue weighted by Gasteiger charge is 2.18. The minimum absolute atomic E-state index is 0.139. The van der Waals surface area contributed by atoms with E-state index >= 15 is 0 Å². The van der Waals surface area contributed by atoms with Crippen molar-refractivity contribution in [3.05, 3.63) is 101 Å². The number of para-hydroxylation sites is 1. The van der Waals surface area contributed by atoms with Crippen LogP contribution in [0.3, 0.4) is 0 Å². The molecular weight excluding hydrogens is 384 g/mol. The lowest BCUT2D eigenvalue weighted by atomic mass is 10.1. The first kappa shape index (κ1) is 18.9. The maximum atomic E-state index is 12.7. The van der Waals surface area contributed by atoms with Crippen LogP contribution in [0.15, 0.2) is 85.2 Å². The van der Waals surface area contributed by atoms with E-state index in [-0.39, 0.29) is 5.91 Å². The van der Waals surface area contributed by atoms with Crippen molar-refractivity contribution in [2.24, 2.45) is 0 Å². The zero-order chi connectivity index (χ0) is 20.2. The van der Waals surface area contributed by atoms with E-state index in [1.165, 1.54) is 0 Å². The number of hydrogen-bond donors (Lipinski definition) is 0. The summed E-state index contributed by atoms with van der Waals surface area (Å²) in [5.41, 5.74) is 4.05. The molecule has 0 saturated carbocycles. The Morgan fingerprint density at radius 1 is 1.00 bits per heavy atom. The Balaban J connectivity index is 1.70. The van der Waals surface area contributed by atoms with Crippen molar-refractivity contribution in [2.75, 3.05) is 7.05 Å². The first-order valence-electron chi connectivity index (χ1n) is 9.18. The van der Waals surface area contributed by atoms with Crippen molar-refractivity contribution in [1.29, 1.82) is 0 Å². The molecule has 0 radical (unpaired) electrons. The summed E-state index contributed by atoms with van der Waals surface area (Å²) in [5, 5.41) is 5.45. The number of hydrogen-bond acceptors (Lipinski definition) is 3. The molecule has 29 heavy (non-hydrogen) atoms. The van der Waals surface area contributed by atoms with Crippen molar-refractivity contribution < 1.29 is 4.79 Å². The molecule has 0 bridgehead atoms. The average Bonchev–Trinajstić information content (AvgIpc) is 3.18. The number of halogens is 1. The van der Waals surface area contributed by atoms with Gasteiger partial charge in [0.05, 0.1) is 11.4 Å². The second-order valence-corrected chi connectivity index (χ2v) is 7.10. The highest BCUT2D eigenvalue weighted by atomic mass is 35.5. The van der Waals surface area contributed by atoms with Crippen molar-refractivity contribution in [3.63, 3.8) is 0 Å². The number of carbonyl (C=O) groups excluding carboxylic acids is 1. The Bertz CT molecular complexity index is 1110. The quantitative estimate of drug-likeness (QED) is 0.479. The molecule has 144 valence electrons. The van der Waals surface area contributed by atoms with Gasteiger partial charge in [-0.15, -0.1) is 0 Å². The molecule has 0 aliphatic heterocycles. The summed E-state index contributed by atoms with van der Waals surface area (Å²) < 4.78 is 1.83. The molecule has 2 aromatic heterocycles. The Morgan fingerprint density at radius 3 is 2.41 bits per heavy atom. The number of rotatable bonds is 5. The lowest BCUT2D eigenvalue weighted by Gasteiger charge is -2.16. The molecular formula is C23H19ClN4O. The van der Waals surface area contributed by atoms with Crippen molar-refractivity contribution >= 4 is 17.5 Å². The number of pyridine rings is 1. The van der Waals surface area contributed by atoms with Crippen molar-refractivity contribution in [1.82, 2.24) is 19.7 Å². The van der Waals surface area contributed by atoms with Gasteiger partial charge in [-0.05, 0) is 36.4 Å². The van der Waals surface area contributed by atoms with Gasteiger partial charge in [-0.1, -0.05) is 48.0 Å². The van der Waals surface area contributed by atoms with Gasteiger partial charge in [-0.25, -0.2) is 4.68 Å². The van der Waals surface area contributed by atoms with Gasteiger partial charge < -0.3 is 4.90 Å². The van der Waals surface area contributed by atoms with Gasteiger partial charge in [0.2, 0.25) is 0 Å². The van der Waals surface area contributed by atoms with Gasteiger partial charge >= 0.3 is 0 Å². The molecule has 0 spiro atoms. The molecule has 0 saturated heterocycles. The summed E-state index contributed by atoms with van der Waals surface area (Å²) in [6.07, 6.45) is 3.58. The van der Waals surface area contributed by atoms with Crippen LogP contribution >= 0.6 is 11.6 Å². The minimum Gasteiger partial charge on any atom is -0.336 e. The van der Waals surface area contributed by atoms with Crippen LogP contribution in [-0.2, 0) is 6.54 Å². The lowest BCUT2D eigenvalue weighted by Crippen LogP contribution is -2.27. The van der Waals surface area contributed by atoms with Crippen LogP contribution in [0.1, 0.15) is 16.1 Å². The van der Waals surface area contributed by atoms with Crippen molar-refractivity contribution in [3.8, 4) is 16.9 Å². The number of aromatic nitrogens is 3. The normalized spacial score (nSPS) is 10.7. The van der Waals surface area contributed by atoms with E-state index in [0.29, 0.717) is 17.3 Å². The van der Waals surface area contributed by atoms with Crippen LogP contribution in [0.2, 0.25) is 5.02 Å². The van der Waals surface area contributed by atoms with Gasteiger partial charge in [0.25, 0.3) is 5.91 Å². The van der Waals surface area contributed by atoms with Gasteiger partial charge in [-0.3, -0.25) is 9.78 Å². The summed E-state index contributed by atoms with van der Waals surface area (Å²) in [6, 6.07) is 22.7. The SMILES string of the molecule is CN(Cc1cn(-c2ccccc2)nc1-c1ccc(Cl)cc1)C(=O)c1ccccn1. The molecule has 0 atom stereocenters. The van der Waals surface area contributed by atoms with Crippen molar-refractivity contribution in [2.45, 2.75) is 6.54 Å². The fourth-order valence-corrected chi connectivity index (χ4v) is 3.23. The molecule has 2 aromatic carbocycles. The maximum Gasteiger partial charge on any atom is 0.272 e. The number of amides is 1. The maximum absolute atomic E-state index is 12.7. The van der Waals surface area contributed by atoms with E-state index in [1.54, 1.807) is 36.3 Å². The molecule has 4 rings (SSSR count). The predicted molar refractivity (Wildman–Crippen MR) is 114 cm³/mol. The second-order valence-electron chi connectivity index (χ2n) is 6.67.